The largest absolute Gasteiger partial charge is 0.462 e. The topological polar surface area (TPSA) is 26.3 Å². The first-order chi connectivity index (χ1) is 5.61. The smallest absolute Gasteiger partial charge is 0.308 e. The molecule has 72 valence electrons. The van der Waals surface area contributed by atoms with Crippen LogP contribution in [0.1, 0.15) is 47.0 Å². The Morgan fingerprint density at radius 1 is 1.33 bits per heavy atom. The molecule has 0 saturated heterocycles. The Labute approximate surface area is 75.3 Å². The van der Waals surface area contributed by atoms with E-state index in [0.29, 0.717) is 0 Å². The van der Waals surface area contributed by atoms with Gasteiger partial charge in [-0.3, -0.25) is 4.79 Å². The SMILES string of the molecule is CCC[C@H](C)C(=O)O[C@H](C)CC. The van der Waals surface area contributed by atoms with E-state index in [2.05, 4.69) is 6.92 Å². The van der Waals surface area contributed by atoms with Crippen LogP contribution in [-0.2, 0) is 9.53 Å². The maximum absolute atomic E-state index is 11.3. The van der Waals surface area contributed by atoms with Gasteiger partial charge in [0, 0.05) is 0 Å². The average molecular weight is 172 g/mol. The van der Waals surface area contributed by atoms with Gasteiger partial charge in [-0.05, 0) is 19.8 Å². The second kappa shape index (κ2) is 6.04. The molecule has 0 aliphatic heterocycles. The van der Waals surface area contributed by atoms with Crippen molar-refractivity contribution in [2.45, 2.75) is 53.1 Å². The first-order valence-electron chi connectivity index (χ1n) is 4.82. The van der Waals surface area contributed by atoms with Crippen molar-refractivity contribution in [2.75, 3.05) is 0 Å². The average Bonchev–Trinajstić information content (AvgIpc) is 2.04. The zero-order valence-electron chi connectivity index (χ0n) is 8.59. The van der Waals surface area contributed by atoms with Crippen LogP contribution in [0.4, 0.5) is 0 Å². The van der Waals surface area contributed by atoms with Crippen molar-refractivity contribution in [1.82, 2.24) is 0 Å². The summed E-state index contributed by atoms with van der Waals surface area (Å²) in [7, 11) is 0. The number of carbonyl (C=O) groups is 1. The summed E-state index contributed by atoms with van der Waals surface area (Å²) in [6.07, 6.45) is 2.92. The van der Waals surface area contributed by atoms with Crippen molar-refractivity contribution in [3.63, 3.8) is 0 Å². The van der Waals surface area contributed by atoms with Gasteiger partial charge < -0.3 is 4.74 Å². The van der Waals surface area contributed by atoms with Crippen LogP contribution in [0.3, 0.4) is 0 Å². The van der Waals surface area contributed by atoms with Gasteiger partial charge in [0.25, 0.3) is 0 Å². The van der Waals surface area contributed by atoms with Crippen molar-refractivity contribution >= 4 is 5.97 Å². The summed E-state index contributed by atoms with van der Waals surface area (Å²) in [6.45, 7) is 7.94. The minimum absolute atomic E-state index is 0.0498. The van der Waals surface area contributed by atoms with Gasteiger partial charge in [-0.15, -0.1) is 0 Å². The number of carbonyl (C=O) groups excluding carboxylic acids is 1. The van der Waals surface area contributed by atoms with Crippen LogP contribution < -0.4 is 0 Å². The minimum atomic E-state index is -0.0498. The highest BCUT2D eigenvalue weighted by Gasteiger charge is 2.15. The van der Waals surface area contributed by atoms with Gasteiger partial charge in [0.15, 0.2) is 0 Å². The molecule has 2 atom stereocenters. The number of esters is 1. The Bertz CT molecular complexity index is 132. The van der Waals surface area contributed by atoms with Crippen LogP contribution in [-0.4, -0.2) is 12.1 Å². The quantitative estimate of drug-likeness (QED) is 0.596. The molecule has 0 aliphatic rings. The molecule has 0 aliphatic carbocycles. The standard InChI is InChI=1S/C10H20O2/c1-5-7-8(3)10(11)12-9(4)6-2/h8-9H,5-7H2,1-4H3/t8-,9+/m0/s1. The van der Waals surface area contributed by atoms with Gasteiger partial charge in [-0.25, -0.2) is 0 Å². The molecule has 0 bridgehead atoms. The highest BCUT2D eigenvalue weighted by atomic mass is 16.5. The summed E-state index contributed by atoms with van der Waals surface area (Å²) in [5.41, 5.74) is 0. The monoisotopic (exact) mass is 172 g/mol. The molecule has 0 N–H and O–H groups in total. The lowest BCUT2D eigenvalue weighted by molar-refractivity contribution is -0.152. The maximum atomic E-state index is 11.3. The van der Waals surface area contributed by atoms with Gasteiger partial charge in [0.05, 0.1) is 12.0 Å². The van der Waals surface area contributed by atoms with E-state index in [1.807, 2.05) is 20.8 Å². The van der Waals surface area contributed by atoms with Crippen LogP contribution >= 0.6 is 0 Å². The molecule has 0 spiro atoms. The lowest BCUT2D eigenvalue weighted by Crippen LogP contribution is -2.20. The Morgan fingerprint density at radius 3 is 2.33 bits per heavy atom. The molecule has 0 radical (unpaired) electrons. The number of rotatable bonds is 5. The Hall–Kier alpha value is -0.530. The molecule has 2 heteroatoms. The van der Waals surface area contributed by atoms with Crippen molar-refractivity contribution in [3.05, 3.63) is 0 Å². The molecule has 0 saturated carbocycles. The van der Waals surface area contributed by atoms with Crippen molar-refractivity contribution in [2.24, 2.45) is 5.92 Å². The third kappa shape index (κ3) is 4.37. The van der Waals surface area contributed by atoms with Crippen LogP contribution in [0.2, 0.25) is 0 Å². The molecule has 0 aromatic rings. The van der Waals surface area contributed by atoms with E-state index < -0.39 is 0 Å². The lowest BCUT2D eigenvalue weighted by atomic mass is 10.1. The molecule has 0 aromatic heterocycles. The summed E-state index contributed by atoms with van der Waals surface area (Å²) in [4.78, 5) is 11.3. The Balaban J connectivity index is 3.70. The van der Waals surface area contributed by atoms with E-state index in [9.17, 15) is 4.79 Å². The van der Waals surface area contributed by atoms with E-state index in [1.54, 1.807) is 0 Å². The predicted molar refractivity (Wildman–Crippen MR) is 49.9 cm³/mol. The molecule has 12 heavy (non-hydrogen) atoms. The fraction of sp³-hybridized carbons (Fsp3) is 0.900. The van der Waals surface area contributed by atoms with E-state index in [4.69, 9.17) is 4.74 Å². The van der Waals surface area contributed by atoms with Gasteiger partial charge in [0.1, 0.15) is 0 Å². The second-order valence-corrected chi connectivity index (χ2v) is 3.35. The summed E-state index contributed by atoms with van der Waals surface area (Å²) in [5, 5.41) is 0. The maximum Gasteiger partial charge on any atom is 0.308 e. The zero-order valence-corrected chi connectivity index (χ0v) is 8.59. The first-order valence-corrected chi connectivity index (χ1v) is 4.82. The van der Waals surface area contributed by atoms with Crippen molar-refractivity contribution in [3.8, 4) is 0 Å². The molecular weight excluding hydrogens is 152 g/mol. The second-order valence-electron chi connectivity index (χ2n) is 3.35. The van der Waals surface area contributed by atoms with Gasteiger partial charge in [0.2, 0.25) is 0 Å². The van der Waals surface area contributed by atoms with E-state index >= 15 is 0 Å². The third-order valence-corrected chi connectivity index (χ3v) is 2.02. The molecule has 2 nitrogen and oxygen atoms in total. The van der Waals surface area contributed by atoms with Crippen LogP contribution in [0.5, 0.6) is 0 Å². The van der Waals surface area contributed by atoms with Gasteiger partial charge in [-0.2, -0.15) is 0 Å². The summed E-state index contributed by atoms with van der Waals surface area (Å²) in [5.74, 6) is 0.00944. The lowest BCUT2D eigenvalue weighted by Gasteiger charge is -2.14. The normalized spacial score (nSPS) is 15.3. The number of hydrogen-bond donors (Lipinski definition) is 0. The van der Waals surface area contributed by atoms with Crippen LogP contribution in [0, 0.1) is 5.92 Å². The number of hydrogen-bond acceptors (Lipinski definition) is 2. The molecule has 0 amide bonds. The highest BCUT2D eigenvalue weighted by Crippen LogP contribution is 2.09. The summed E-state index contributed by atoms with van der Waals surface area (Å²) < 4.78 is 5.17. The van der Waals surface area contributed by atoms with Crippen molar-refractivity contribution in [1.29, 1.82) is 0 Å². The molecular formula is C10H20O2. The van der Waals surface area contributed by atoms with Crippen LogP contribution in [0.25, 0.3) is 0 Å². The van der Waals surface area contributed by atoms with Gasteiger partial charge >= 0.3 is 5.97 Å². The zero-order chi connectivity index (χ0) is 9.56. The molecule has 0 rings (SSSR count). The highest BCUT2D eigenvalue weighted by molar-refractivity contribution is 5.72. The van der Waals surface area contributed by atoms with E-state index in [-0.39, 0.29) is 18.0 Å². The van der Waals surface area contributed by atoms with E-state index in [0.717, 1.165) is 19.3 Å². The van der Waals surface area contributed by atoms with Gasteiger partial charge in [-0.1, -0.05) is 27.2 Å². The Morgan fingerprint density at radius 2 is 1.92 bits per heavy atom. The minimum Gasteiger partial charge on any atom is -0.462 e. The summed E-state index contributed by atoms with van der Waals surface area (Å²) >= 11 is 0. The fourth-order valence-corrected chi connectivity index (χ4v) is 0.949. The molecule has 0 aromatic carbocycles. The summed E-state index contributed by atoms with van der Waals surface area (Å²) in [6, 6.07) is 0. The predicted octanol–water partition coefficient (Wildman–Crippen LogP) is 2.76. The number of ether oxygens (including phenoxy) is 1. The Kier molecular flexibility index (Phi) is 5.77. The van der Waals surface area contributed by atoms with Crippen molar-refractivity contribution < 1.29 is 9.53 Å². The molecule has 0 unspecified atom stereocenters. The van der Waals surface area contributed by atoms with E-state index in [1.165, 1.54) is 0 Å². The first kappa shape index (κ1) is 11.5. The molecule has 0 fully saturated rings. The fourth-order valence-electron chi connectivity index (χ4n) is 0.949. The van der Waals surface area contributed by atoms with Crippen LogP contribution in [0.15, 0.2) is 0 Å². The third-order valence-electron chi connectivity index (χ3n) is 2.02. The molecule has 0 heterocycles.